The Balaban J connectivity index is 2.40. The monoisotopic (exact) mass is 256 g/mol. The van der Waals surface area contributed by atoms with E-state index < -0.39 is 37.1 Å². The van der Waals surface area contributed by atoms with Crippen LogP contribution in [0.2, 0.25) is 0 Å². The summed E-state index contributed by atoms with van der Waals surface area (Å²) in [5.74, 6) is 0.0404. The number of ether oxygens (including phenoxy) is 1. The van der Waals surface area contributed by atoms with Crippen molar-refractivity contribution in [3.05, 3.63) is 29.8 Å². The highest BCUT2D eigenvalue weighted by atomic mass is 16.6. The molecule has 6 nitrogen and oxygen atoms in total. The Hall–Kier alpha value is -1.18. The Morgan fingerprint density at radius 3 is 2.17 bits per heavy atom. The van der Waals surface area contributed by atoms with Crippen LogP contribution >= 0.6 is 0 Å². The molecular formula is C12H16O6. The average molecular weight is 256 g/mol. The molecule has 0 aromatic heterocycles. The van der Waals surface area contributed by atoms with Crippen LogP contribution < -0.4 is 0 Å². The number of aliphatic hydroxyl groups is 4. The van der Waals surface area contributed by atoms with Gasteiger partial charge >= 0.3 is 0 Å². The molecule has 4 atom stereocenters. The Labute approximate surface area is 104 Å². The smallest absolute Gasteiger partial charge is 0.145 e. The number of phenols is 1. The highest BCUT2D eigenvalue weighted by Crippen LogP contribution is 2.39. The number of hydrogen-bond donors (Lipinski definition) is 5. The third kappa shape index (κ3) is 1.88. The van der Waals surface area contributed by atoms with Crippen LogP contribution in [0.3, 0.4) is 0 Å². The van der Waals surface area contributed by atoms with E-state index in [1.54, 1.807) is 0 Å². The molecule has 1 heterocycles. The SMILES string of the molecule is OCC1OC(CO)(c2ccc(O)cc2)C(O)C1O. The first-order valence-electron chi connectivity index (χ1n) is 5.60. The van der Waals surface area contributed by atoms with Crippen molar-refractivity contribution < 1.29 is 30.3 Å². The van der Waals surface area contributed by atoms with Gasteiger partial charge in [-0.05, 0) is 17.7 Å². The molecule has 4 unspecified atom stereocenters. The normalized spacial score (nSPS) is 35.9. The van der Waals surface area contributed by atoms with Crippen LogP contribution in [0.4, 0.5) is 0 Å². The van der Waals surface area contributed by atoms with Gasteiger partial charge in [-0.15, -0.1) is 0 Å². The number of aliphatic hydroxyl groups excluding tert-OH is 4. The fourth-order valence-corrected chi connectivity index (χ4v) is 2.24. The number of rotatable bonds is 3. The van der Waals surface area contributed by atoms with E-state index in [1.165, 1.54) is 24.3 Å². The molecule has 0 spiro atoms. The van der Waals surface area contributed by atoms with E-state index in [9.17, 15) is 20.4 Å². The van der Waals surface area contributed by atoms with E-state index >= 15 is 0 Å². The average Bonchev–Trinajstić information content (AvgIpc) is 2.64. The summed E-state index contributed by atoms with van der Waals surface area (Å²) in [6.45, 7) is -1.01. The Morgan fingerprint density at radius 1 is 1.11 bits per heavy atom. The lowest BCUT2D eigenvalue weighted by molar-refractivity contribution is -0.124. The Kier molecular flexibility index (Phi) is 3.56. The van der Waals surface area contributed by atoms with E-state index in [1.807, 2.05) is 0 Å². The standard InChI is InChI=1S/C12H16O6/c13-5-9-10(16)11(17)12(6-14,18-9)7-1-3-8(15)4-2-7/h1-4,9-11,13-17H,5-6H2. The van der Waals surface area contributed by atoms with Crippen molar-refractivity contribution in [1.29, 1.82) is 0 Å². The first-order chi connectivity index (χ1) is 8.55. The molecule has 0 bridgehead atoms. The maximum atomic E-state index is 10.0. The van der Waals surface area contributed by atoms with E-state index in [4.69, 9.17) is 9.84 Å². The summed E-state index contributed by atoms with van der Waals surface area (Å²) in [7, 11) is 0. The minimum absolute atomic E-state index is 0.0404. The summed E-state index contributed by atoms with van der Waals surface area (Å²) >= 11 is 0. The van der Waals surface area contributed by atoms with Gasteiger partial charge in [0.2, 0.25) is 0 Å². The molecule has 1 saturated heterocycles. The summed E-state index contributed by atoms with van der Waals surface area (Å²) in [4.78, 5) is 0. The second-order valence-electron chi connectivity index (χ2n) is 4.37. The van der Waals surface area contributed by atoms with E-state index in [0.29, 0.717) is 5.56 Å². The molecule has 18 heavy (non-hydrogen) atoms. The number of benzene rings is 1. The van der Waals surface area contributed by atoms with Gasteiger partial charge in [-0.2, -0.15) is 0 Å². The summed E-state index contributed by atoms with van der Waals surface area (Å²) in [6, 6.07) is 5.76. The van der Waals surface area contributed by atoms with Crippen LogP contribution in [-0.4, -0.2) is 57.1 Å². The third-order valence-corrected chi connectivity index (χ3v) is 3.31. The van der Waals surface area contributed by atoms with Crippen molar-refractivity contribution in [2.24, 2.45) is 0 Å². The highest BCUT2D eigenvalue weighted by molar-refractivity contribution is 5.32. The maximum Gasteiger partial charge on any atom is 0.145 e. The van der Waals surface area contributed by atoms with Gasteiger partial charge in [-0.3, -0.25) is 0 Å². The summed E-state index contributed by atoms with van der Waals surface area (Å²) in [6.07, 6.45) is -3.60. The van der Waals surface area contributed by atoms with Gasteiger partial charge in [-0.1, -0.05) is 12.1 Å². The molecule has 1 aromatic carbocycles. The lowest BCUT2D eigenvalue weighted by atomic mass is 9.87. The zero-order valence-electron chi connectivity index (χ0n) is 9.60. The van der Waals surface area contributed by atoms with Crippen LogP contribution in [0.1, 0.15) is 5.56 Å². The number of phenolic OH excluding ortho intramolecular Hbond substituents is 1. The van der Waals surface area contributed by atoms with Crippen LogP contribution in [0.25, 0.3) is 0 Å². The number of hydrogen-bond acceptors (Lipinski definition) is 6. The van der Waals surface area contributed by atoms with Crippen LogP contribution in [0.15, 0.2) is 24.3 Å². The van der Waals surface area contributed by atoms with Crippen molar-refractivity contribution in [1.82, 2.24) is 0 Å². The first kappa shape index (κ1) is 13.3. The minimum atomic E-state index is -1.49. The highest BCUT2D eigenvalue weighted by Gasteiger charge is 2.54. The van der Waals surface area contributed by atoms with Gasteiger partial charge in [-0.25, -0.2) is 0 Å². The lowest BCUT2D eigenvalue weighted by Gasteiger charge is -2.30. The zero-order valence-corrected chi connectivity index (χ0v) is 9.60. The summed E-state index contributed by atoms with van der Waals surface area (Å²) in [5, 5.41) is 47.5. The Morgan fingerprint density at radius 2 is 1.72 bits per heavy atom. The predicted octanol–water partition coefficient (Wildman–Crippen LogP) is -1.31. The quantitative estimate of drug-likeness (QED) is 0.459. The second kappa shape index (κ2) is 4.83. The molecule has 6 heteroatoms. The van der Waals surface area contributed by atoms with Gasteiger partial charge < -0.3 is 30.3 Å². The largest absolute Gasteiger partial charge is 0.508 e. The fraction of sp³-hybridized carbons (Fsp3) is 0.500. The fourth-order valence-electron chi connectivity index (χ4n) is 2.24. The summed E-state index contributed by atoms with van der Waals surface area (Å²) < 4.78 is 5.42. The van der Waals surface area contributed by atoms with E-state index in [0.717, 1.165) is 0 Å². The van der Waals surface area contributed by atoms with Crippen molar-refractivity contribution in [3.8, 4) is 5.75 Å². The molecule has 0 amide bonds. The maximum absolute atomic E-state index is 10.0. The lowest BCUT2D eigenvalue weighted by Crippen LogP contribution is -2.43. The van der Waals surface area contributed by atoms with Crippen LogP contribution in [0.5, 0.6) is 5.75 Å². The molecule has 1 aromatic rings. The molecule has 100 valence electrons. The second-order valence-corrected chi connectivity index (χ2v) is 4.37. The van der Waals surface area contributed by atoms with Gasteiger partial charge in [0.25, 0.3) is 0 Å². The molecule has 1 aliphatic heterocycles. The van der Waals surface area contributed by atoms with Gasteiger partial charge in [0.15, 0.2) is 0 Å². The van der Waals surface area contributed by atoms with Crippen molar-refractivity contribution in [3.63, 3.8) is 0 Å². The molecule has 2 rings (SSSR count). The van der Waals surface area contributed by atoms with Crippen molar-refractivity contribution in [2.45, 2.75) is 23.9 Å². The van der Waals surface area contributed by atoms with Crippen molar-refractivity contribution >= 4 is 0 Å². The molecule has 5 N–H and O–H groups in total. The molecular weight excluding hydrogens is 240 g/mol. The summed E-state index contributed by atoms with van der Waals surface area (Å²) in [5.41, 5.74) is -1.06. The van der Waals surface area contributed by atoms with Crippen molar-refractivity contribution in [2.75, 3.05) is 13.2 Å². The van der Waals surface area contributed by atoms with Crippen LogP contribution in [-0.2, 0) is 10.3 Å². The molecule has 0 aliphatic carbocycles. The van der Waals surface area contributed by atoms with Crippen LogP contribution in [0, 0.1) is 0 Å². The molecule has 1 aliphatic rings. The molecule has 1 fully saturated rings. The number of aromatic hydroxyl groups is 1. The third-order valence-electron chi connectivity index (χ3n) is 3.31. The van der Waals surface area contributed by atoms with Gasteiger partial charge in [0, 0.05) is 0 Å². The minimum Gasteiger partial charge on any atom is -0.508 e. The molecule has 0 radical (unpaired) electrons. The van der Waals surface area contributed by atoms with E-state index in [2.05, 4.69) is 0 Å². The zero-order chi connectivity index (χ0) is 13.3. The van der Waals surface area contributed by atoms with E-state index in [-0.39, 0.29) is 5.75 Å². The van der Waals surface area contributed by atoms with Gasteiger partial charge in [0.05, 0.1) is 13.2 Å². The Bertz CT molecular complexity index is 406. The first-order valence-corrected chi connectivity index (χ1v) is 5.60. The predicted molar refractivity (Wildman–Crippen MR) is 60.8 cm³/mol. The molecule has 0 saturated carbocycles. The van der Waals surface area contributed by atoms with Gasteiger partial charge in [0.1, 0.15) is 29.7 Å². The topological polar surface area (TPSA) is 110 Å².